The maximum atomic E-state index is 12.0. The highest BCUT2D eigenvalue weighted by Gasteiger charge is 2.09. The highest BCUT2D eigenvalue weighted by Crippen LogP contribution is 2.21. The summed E-state index contributed by atoms with van der Waals surface area (Å²) in [6.45, 7) is 0.651. The number of hydrogen-bond acceptors (Lipinski definition) is 2. The summed E-state index contributed by atoms with van der Waals surface area (Å²) in [5, 5.41) is 7.06. The number of benzene rings is 1. The highest BCUT2D eigenvalue weighted by molar-refractivity contribution is 9.11. The summed E-state index contributed by atoms with van der Waals surface area (Å²) in [7, 11) is 0. The van der Waals surface area contributed by atoms with Gasteiger partial charge < -0.3 is 5.32 Å². The van der Waals surface area contributed by atoms with Crippen LogP contribution in [-0.4, -0.2) is 12.5 Å². The van der Waals surface area contributed by atoms with Crippen molar-refractivity contribution >= 4 is 49.1 Å². The molecule has 0 saturated carbocycles. The van der Waals surface area contributed by atoms with E-state index < -0.39 is 0 Å². The number of nitrogens with one attached hydrogen (secondary N) is 1. The van der Waals surface area contributed by atoms with Crippen molar-refractivity contribution in [3.8, 4) is 0 Å². The van der Waals surface area contributed by atoms with E-state index in [2.05, 4.69) is 48.6 Å². The molecule has 0 aliphatic rings. The minimum Gasteiger partial charge on any atom is -0.352 e. The Labute approximate surface area is 127 Å². The molecule has 5 heteroatoms. The lowest BCUT2D eigenvalue weighted by atomic mass is 10.2. The Hall–Kier alpha value is -0.650. The lowest BCUT2D eigenvalue weighted by Crippen LogP contribution is -2.25. The van der Waals surface area contributed by atoms with E-state index in [1.54, 1.807) is 17.4 Å². The van der Waals surface area contributed by atoms with Crippen LogP contribution in [0.3, 0.4) is 0 Å². The summed E-state index contributed by atoms with van der Waals surface area (Å²) in [6, 6.07) is 7.60. The molecule has 1 amide bonds. The second kappa shape index (κ2) is 6.50. The summed E-state index contributed by atoms with van der Waals surface area (Å²) in [4.78, 5) is 12.0. The molecule has 0 radical (unpaired) electrons. The van der Waals surface area contributed by atoms with Crippen LogP contribution in [0.2, 0.25) is 0 Å². The van der Waals surface area contributed by atoms with Crippen molar-refractivity contribution in [2.45, 2.75) is 6.42 Å². The fraction of sp³-hybridized carbons (Fsp3) is 0.154. The standard InChI is InChI=1S/C13H11Br2NOS/c14-10-1-2-11(12(15)7-10)13(17)16-5-3-9-4-6-18-8-9/h1-2,4,6-8H,3,5H2,(H,16,17). The number of rotatable bonds is 4. The summed E-state index contributed by atoms with van der Waals surface area (Å²) in [6.07, 6.45) is 0.864. The van der Waals surface area contributed by atoms with Crippen LogP contribution in [0.15, 0.2) is 44.0 Å². The number of amides is 1. The van der Waals surface area contributed by atoms with Gasteiger partial charge in [0.1, 0.15) is 0 Å². The largest absolute Gasteiger partial charge is 0.352 e. The Kier molecular flexibility index (Phi) is 4.97. The maximum absolute atomic E-state index is 12.0. The van der Waals surface area contributed by atoms with Crippen molar-refractivity contribution in [1.82, 2.24) is 5.32 Å². The third-order valence-corrected chi connectivity index (χ3v) is 4.34. The van der Waals surface area contributed by atoms with Gasteiger partial charge in [0, 0.05) is 15.5 Å². The first kappa shape index (κ1) is 13.8. The summed E-state index contributed by atoms with van der Waals surface area (Å²) < 4.78 is 1.74. The van der Waals surface area contributed by atoms with Crippen LogP contribution in [0.5, 0.6) is 0 Å². The summed E-state index contributed by atoms with van der Waals surface area (Å²) in [5.41, 5.74) is 1.92. The Bertz CT molecular complexity index is 540. The molecule has 94 valence electrons. The molecule has 0 saturated heterocycles. The predicted octanol–water partition coefficient (Wildman–Crippen LogP) is 4.25. The van der Waals surface area contributed by atoms with Crippen molar-refractivity contribution in [3.63, 3.8) is 0 Å². The van der Waals surface area contributed by atoms with Crippen molar-refractivity contribution in [3.05, 3.63) is 55.1 Å². The van der Waals surface area contributed by atoms with Crippen LogP contribution in [0.25, 0.3) is 0 Å². The zero-order chi connectivity index (χ0) is 13.0. The molecule has 0 aliphatic heterocycles. The molecule has 1 aromatic carbocycles. The normalized spacial score (nSPS) is 10.3. The number of thiophene rings is 1. The van der Waals surface area contributed by atoms with Crippen molar-refractivity contribution < 1.29 is 4.79 Å². The van der Waals surface area contributed by atoms with E-state index in [0.29, 0.717) is 12.1 Å². The van der Waals surface area contributed by atoms with E-state index in [9.17, 15) is 4.79 Å². The van der Waals surface area contributed by atoms with Crippen molar-refractivity contribution in [2.75, 3.05) is 6.54 Å². The van der Waals surface area contributed by atoms with Gasteiger partial charge in [-0.1, -0.05) is 15.9 Å². The summed E-state index contributed by atoms with van der Waals surface area (Å²) >= 11 is 8.43. The van der Waals surface area contributed by atoms with Gasteiger partial charge in [-0.05, 0) is 62.9 Å². The van der Waals surface area contributed by atoms with E-state index in [-0.39, 0.29) is 5.91 Å². The maximum Gasteiger partial charge on any atom is 0.252 e. The Balaban J connectivity index is 1.91. The molecule has 0 fully saturated rings. The van der Waals surface area contributed by atoms with Crippen LogP contribution in [0, 0.1) is 0 Å². The predicted molar refractivity (Wildman–Crippen MR) is 82.2 cm³/mol. The monoisotopic (exact) mass is 387 g/mol. The fourth-order valence-electron chi connectivity index (χ4n) is 1.52. The van der Waals surface area contributed by atoms with Crippen molar-refractivity contribution in [2.24, 2.45) is 0 Å². The van der Waals surface area contributed by atoms with Crippen LogP contribution in [-0.2, 0) is 6.42 Å². The molecule has 0 unspecified atom stereocenters. The van der Waals surface area contributed by atoms with E-state index in [1.165, 1.54) is 5.56 Å². The molecule has 0 spiro atoms. The number of hydrogen-bond donors (Lipinski definition) is 1. The number of halogens is 2. The Morgan fingerprint density at radius 3 is 2.78 bits per heavy atom. The molecule has 0 bridgehead atoms. The third-order valence-electron chi connectivity index (χ3n) is 2.46. The molecule has 1 N–H and O–H groups in total. The molecule has 0 aliphatic carbocycles. The van der Waals surface area contributed by atoms with Gasteiger partial charge in [-0.2, -0.15) is 11.3 Å². The Morgan fingerprint density at radius 1 is 1.28 bits per heavy atom. The van der Waals surface area contributed by atoms with E-state index in [1.807, 2.05) is 17.5 Å². The first-order valence-electron chi connectivity index (χ1n) is 5.41. The second-order valence-corrected chi connectivity index (χ2v) is 6.31. The molecule has 18 heavy (non-hydrogen) atoms. The van der Waals surface area contributed by atoms with Gasteiger partial charge in [0.2, 0.25) is 0 Å². The second-order valence-electron chi connectivity index (χ2n) is 3.76. The topological polar surface area (TPSA) is 29.1 Å². The smallest absolute Gasteiger partial charge is 0.252 e. The molecule has 2 rings (SSSR count). The van der Waals surface area contributed by atoms with Gasteiger partial charge in [0.25, 0.3) is 5.91 Å². The van der Waals surface area contributed by atoms with Gasteiger partial charge in [0.05, 0.1) is 5.56 Å². The lowest BCUT2D eigenvalue weighted by molar-refractivity contribution is 0.0953. The third kappa shape index (κ3) is 3.67. The number of carbonyl (C=O) groups excluding carboxylic acids is 1. The van der Waals surface area contributed by atoms with Gasteiger partial charge in [-0.3, -0.25) is 4.79 Å². The van der Waals surface area contributed by atoms with Crippen LogP contribution < -0.4 is 5.32 Å². The first-order chi connectivity index (χ1) is 8.66. The van der Waals surface area contributed by atoms with Crippen molar-refractivity contribution in [1.29, 1.82) is 0 Å². The first-order valence-corrected chi connectivity index (χ1v) is 7.94. The zero-order valence-electron chi connectivity index (χ0n) is 9.45. The minimum atomic E-state index is -0.0513. The average molecular weight is 389 g/mol. The average Bonchev–Trinajstić information content (AvgIpc) is 2.81. The SMILES string of the molecule is O=C(NCCc1ccsc1)c1ccc(Br)cc1Br. The highest BCUT2D eigenvalue weighted by atomic mass is 79.9. The van der Waals surface area contributed by atoms with Gasteiger partial charge in [-0.25, -0.2) is 0 Å². The van der Waals surface area contributed by atoms with Crippen LogP contribution >= 0.6 is 43.2 Å². The number of carbonyl (C=O) groups is 1. The van der Waals surface area contributed by atoms with Gasteiger partial charge in [0.15, 0.2) is 0 Å². The fourth-order valence-corrected chi connectivity index (χ4v) is 3.45. The molecular weight excluding hydrogens is 378 g/mol. The van der Waals surface area contributed by atoms with E-state index >= 15 is 0 Å². The Morgan fingerprint density at radius 2 is 2.11 bits per heavy atom. The van der Waals surface area contributed by atoms with E-state index in [4.69, 9.17) is 0 Å². The quantitative estimate of drug-likeness (QED) is 0.833. The molecule has 1 aromatic heterocycles. The molecule has 2 aromatic rings. The van der Waals surface area contributed by atoms with Gasteiger partial charge in [-0.15, -0.1) is 0 Å². The molecule has 0 atom stereocenters. The molecule has 1 heterocycles. The van der Waals surface area contributed by atoms with Crippen LogP contribution in [0.1, 0.15) is 15.9 Å². The zero-order valence-corrected chi connectivity index (χ0v) is 13.4. The van der Waals surface area contributed by atoms with E-state index in [0.717, 1.165) is 15.4 Å². The van der Waals surface area contributed by atoms with Gasteiger partial charge >= 0.3 is 0 Å². The molecule has 2 nitrogen and oxygen atoms in total. The molecular formula is C13H11Br2NOS. The van der Waals surface area contributed by atoms with Crippen LogP contribution in [0.4, 0.5) is 0 Å². The summed E-state index contributed by atoms with van der Waals surface area (Å²) in [5.74, 6) is -0.0513. The minimum absolute atomic E-state index is 0.0513. The lowest BCUT2D eigenvalue weighted by Gasteiger charge is -2.06.